The van der Waals surface area contributed by atoms with Crippen LogP contribution < -0.4 is 0 Å². The molecule has 1 rings (SSSR count). The minimum Gasteiger partial charge on any atom is -0.505 e. The van der Waals surface area contributed by atoms with Crippen molar-refractivity contribution in [2.24, 2.45) is 0 Å². The zero-order valence-electron chi connectivity index (χ0n) is 6.88. The molecule has 0 aliphatic heterocycles. The fourth-order valence-electron chi connectivity index (χ4n) is 1.06. The van der Waals surface area contributed by atoms with Gasteiger partial charge in [-0.15, -0.1) is 0 Å². The van der Waals surface area contributed by atoms with E-state index in [0.29, 0.717) is 0 Å². The molecule has 2 heteroatoms. The molecule has 0 unspecified atom stereocenters. The van der Waals surface area contributed by atoms with Crippen LogP contribution in [0.25, 0.3) is 0 Å². The van der Waals surface area contributed by atoms with E-state index < -0.39 is 5.76 Å². The smallest absolute Gasteiger partial charge is 0.183 e. The van der Waals surface area contributed by atoms with Crippen molar-refractivity contribution in [1.82, 2.24) is 0 Å². The quantitative estimate of drug-likeness (QED) is 0.360. The van der Waals surface area contributed by atoms with Crippen LogP contribution in [0.2, 0.25) is 0 Å². The van der Waals surface area contributed by atoms with Crippen molar-refractivity contribution < 1.29 is 9.90 Å². The minimum absolute atomic E-state index is 0.278. The number of aliphatic hydroxyl groups excluding tert-OH is 1. The second kappa shape index (κ2) is 7.32. The summed E-state index contributed by atoms with van der Waals surface area (Å²) in [6.07, 6.45) is 9.28. The van der Waals surface area contributed by atoms with Crippen molar-refractivity contribution in [2.75, 3.05) is 0 Å². The minimum atomic E-state index is -0.426. The second-order valence-electron chi connectivity index (χ2n) is 2.73. The highest BCUT2D eigenvalue weighted by molar-refractivity contribution is 5.68. The van der Waals surface area contributed by atoms with Crippen LogP contribution in [0.4, 0.5) is 0 Å². The lowest BCUT2D eigenvalue weighted by Crippen LogP contribution is -1.85. The predicted octanol–water partition coefficient (Wildman–Crippen LogP) is 2.60. The first-order chi connectivity index (χ1) is 5.27. The van der Waals surface area contributed by atoms with Gasteiger partial charge in [0.25, 0.3) is 0 Å². The van der Waals surface area contributed by atoms with E-state index in [0.717, 1.165) is 0 Å². The Morgan fingerprint density at radius 2 is 1.27 bits per heavy atom. The van der Waals surface area contributed by atoms with Gasteiger partial charge in [0.1, 0.15) is 5.76 Å². The molecule has 1 N–H and O–H groups in total. The molecule has 1 aliphatic rings. The molecule has 11 heavy (non-hydrogen) atoms. The van der Waals surface area contributed by atoms with Crippen molar-refractivity contribution in [3.8, 4) is 0 Å². The number of hydrogen-bond acceptors (Lipinski definition) is 2. The van der Waals surface area contributed by atoms with E-state index in [1.54, 1.807) is 0 Å². The normalized spacial score (nSPS) is 16.0. The number of carbonyl (C=O) groups is 1. The molecule has 0 aromatic heterocycles. The Morgan fingerprint density at radius 1 is 1.09 bits per heavy atom. The van der Waals surface area contributed by atoms with Gasteiger partial charge in [-0.25, -0.2) is 0 Å². The first-order valence-corrected chi connectivity index (χ1v) is 4.10. The van der Waals surface area contributed by atoms with Crippen LogP contribution in [0.5, 0.6) is 0 Å². The molecule has 0 heterocycles. The van der Waals surface area contributed by atoms with Crippen LogP contribution in [0.15, 0.2) is 12.3 Å². The van der Waals surface area contributed by atoms with Crippen LogP contribution in [-0.2, 0) is 4.79 Å². The molecule has 0 amide bonds. The van der Waals surface area contributed by atoms with Gasteiger partial charge in [0.2, 0.25) is 0 Å². The lowest BCUT2D eigenvalue weighted by Gasteiger charge is -2.05. The Balaban J connectivity index is 0.000000187. The Labute approximate surface area is 67.9 Å². The maximum atomic E-state index is 9.16. The standard InChI is InChI=1S/C6H12.C3H4O2/c1-2-4-6-5-3-1;1-3(5)2-4/h1-6H2;2,5H,1H2. The number of carbonyl (C=O) groups excluding carboxylic acids is 1. The fourth-order valence-corrected chi connectivity index (χ4v) is 1.06. The third-order valence-electron chi connectivity index (χ3n) is 1.64. The molecule has 1 saturated carbocycles. The van der Waals surface area contributed by atoms with Gasteiger partial charge in [-0.1, -0.05) is 45.1 Å². The van der Waals surface area contributed by atoms with Gasteiger partial charge in [-0.3, -0.25) is 4.79 Å². The molecular weight excluding hydrogens is 140 g/mol. The summed E-state index contributed by atoms with van der Waals surface area (Å²) in [7, 11) is 0. The Morgan fingerprint density at radius 3 is 1.36 bits per heavy atom. The summed E-state index contributed by atoms with van der Waals surface area (Å²) in [5.74, 6) is -0.426. The summed E-state index contributed by atoms with van der Waals surface area (Å²) in [6, 6.07) is 0. The van der Waals surface area contributed by atoms with E-state index in [1.165, 1.54) is 38.5 Å². The van der Waals surface area contributed by atoms with Crippen LogP contribution in [0.1, 0.15) is 38.5 Å². The average molecular weight is 156 g/mol. The predicted molar refractivity (Wildman–Crippen MR) is 45.5 cm³/mol. The van der Waals surface area contributed by atoms with Gasteiger partial charge in [0, 0.05) is 0 Å². The lowest BCUT2D eigenvalue weighted by atomic mass is 10.0. The van der Waals surface area contributed by atoms with Crippen molar-refractivity contribution in [3.63, 3.8) is 0 Å². The Hall–Kier alpha value is -0.790. The van der Waals surface area contributed by atoms with Crippen molar-refractivity contribution in [3.05, 3.63) is 12.3 Å². The third-order valence-corrected chi connectivity index (χ3v) is 1.64. The molecule has 1 fully saturated rings. The van der Waals surface area contributed by atoms with Crippen molar-refractivity contribution in [2.45, 2.75) is 38.5 Å². The average Bonchev–Trinajstić information content (AvgIpc) is 2.09. The molecule has 0 spiro atoms. The molecule has 0 saturated heterocycles. The van der Waals surface area contributed by atoms with Crippen molar-refractivity contribution in [1.29, 1.82) is 0 Å². The number of rotatable bonds is 1. The van der Waals surface area contributed by atoms with E-state index in [-0.39, 0.29) is 6.29 Å². The van der Waals surface area contributed by atoms with Crippen LogP contribution in [0, 0.1) is 0 Å². The monoisotopic (exact) mass is 156 g/mol. The van der Waals surface area contributed by atoms with E-state index in [4.69, 9.17) is 9.90 Å². The molecule has 1 aliphatic carbocycles. The molecule has 0 radical (unpaired) electrons. The highest BCUT2D eigenvalue weighted by Gasteiger charge is 1.95. The number of aliphatic hydroxyl groups is 1. The summed E-state index contributed by atoms with van der Waals surface area (Å²) < 4.78 is 0. The molecular formula is C9H16O2. The second-order valence-corrected chi connectivity index (χ2v) is 2.73. The van der Waals surface area contributed by atoms with Gasteiger partial charge in [0.15, 0.2) is 6.29 Å². The Kier molecular flexibility index (Phi) is 6.79. The highest BCUT2D eigenvalue weighted by Crippen LogP contribution is 2.15. The summed E-state index contributed by atoms with van der Waals surface area (Å²) in [5.41, 5.74) is 0. The van der Waals surface area contributed by atoms with Crippen LogP contribution in [0.3, 0.4) is 0 Å². The molecule has 64 valence electrons. The molecule has 2 nitrogen and oxygen atoms in total. The van der Waals surface area contributed by atoms with Crippen LogP contribution >= 0.6 is 0 Å². The topological polar surface area (TPSA) is 37.3 Å². The summed E-state index contributed by atoms with van der Waals surface area (Å²) in [4.78, 5) is 9.16. The SMILES string of the molecule is C1CCCCC1.C=C(O)C=O. The van der Waals surface area contributed by atoms with Crippen molar-refractivity contribution >= 4 is 6.29 Å². The number of allylic oxidation sites excluding steroid dienone is 1. The lowest BCUT2D eigenvalue weighted by molar-refractivity contribution is -0.106. The zero-order valence-corrected chi connectivity index (χ0v) is 6.88. The fraction of sp³-hybridized carbons (Fsp3) is 0.667. The van der Waals surface area contributed by atoms with E-state index in [2.05, 4.69) is 6.58 Å². The third kappa shape index (κ3) is 9.21. The first kappa shape index (κ1) is 10.2. The number of aldehydes is 1. The largest absolute Gasteiger partial charge is 0.505 e. The molecule has 0 bridgehead atoms. The molecule has 0 aromatic carbocycles. The van der Waals surface area contributed by atoms with E-state index >= 15 is 0 Å². The van der Waals surface area contributed by atoms with E-state index in [9.17, 15) is 0 Å². The zero-order chi connectivity index (χ0) is 8.53. The summed E-state index contributed by atoms with van der Waals surface area (Å²) in [5, 5.41) is 7.80. The Bertz CT molecular complexity index is 103. The highest BCUT2D eigenvalue weighted by atomic mass is 16.3. The summed E-state index contributed by atoms with van der Waals surface area (Å²) in [6.45, 7) is 2.86. The van der Waals surface area contributed by atoms with E-state index in [1.807, 2.05) is 0 Å². The molecule has 0 aromatic rings. The van der Waals surface area contributed by atoms with Crippen LogP contribution in [-0.4, -0.2) is 11.4 Å². The maximum absolute atomic E-state index is 9.16. The summed E-state index contributed by atoms with van der Waals surface area (Å²) >= 11 is 0. The van der Waals surface area contributed by atoms with Gasteiger partial charge in [-0.2, -0.15) is 0 Å². The van der Waals surface area contributed by atoms with Gasteiger partial charge in [-0.05, 0) is 0 Å². The van der Waals surface area contributed by atoms with Gasteiger partial charge in [0.05, 0.1) is 0 Å². The number of hydrogen-bond donors (Lipinski definition) is 1. The maximum Gasteiger partial charge on any atom is 0.183 e. The van der Waals surface area contributed by atoms with Gasteiger partial charge < -0.3 is 5.11 Å². The van der Waals surface area contributed by atoms with Gasteiger partial charge >= 0.3 is 0 Å². The first-order valence-electron chi connectivity index (χ1n) is 4.10. The molecule has 0 atom stereocenters.